The minimum Gasteiger partial charge on any atom is -0.367 e. The first-order valence-corrected chi connectivity index (χ1v) is 13.5. The Bertz CT molecular complexity index is 1210. The fourth-order valence-electron chi connectivity index (χ4n) is 4.84. The summed E-state index contributed by atoms with van der Waals surface area (Å²) in [5.74, 6) is -3.44. The average molecular weight is 588 g/mol. The van der Waals surface area contributed by atoms with E-state index in [1.165, 1.54) is 18.2 Å². The zero-order chi connectivity index (χ0) is 28.9. The van der Waals surface area contributed by atoms with Crippen LogP contribution in [0.3, 0.4) is 0 Å². The van der Waals surface area contributed by atoms with Gasteiger partial charge in [-0.05, 0) is 43.5 Å². The van der Waals surface area contributed by atoms with Gasteiger partial charge in [0.05, 0.1) is 23.4 Å². The minimum atomic E-state index is -4.23. The van der Waals surface area contributed by atoms with E-state index in [9.17, 15) is 31.5 Å². The van der Waals surface area contributed by atoms with E-state index >= 15 is 0 Å². The van der Waals surface area contributed by atoms with Gasteiger partial charge < -0.3 is 20.4 Å². The van der Waals surface area contributed by atoms with E-state index in [4.69, 9.17) is 11.6 Å². The highest BCUT2D eigenvalue weighted by atomic mass is 35.5. The number of rotatable bonds is 7. The molecule has 0 bridgehead atoms. The number of urea groups is 1. The smallest absolute Gasteiger partial charge is 0.367 e. The molecule has 0 aliphatic carbocycles. The molecule has 4 rings (SSSR count). The number of hydrogen-bond donors (Lipinski definition) is 2. The van der Waals surface area contributed by atoms with Crippen molar-refractivity contribution >= 4 is 34.9 Å². The Hall–Kier alpha value is -3.12. The molecule has 2 aliphatic heterocycles. The van der Waals surface area contributed by atoms with Gasteiger partial charge in [-0.15, -0.1) is 0 Å². The number of benzene rings is 2. The van der Waals surface area contributed by atoms with E-state index in [0.717, 1.165) is 25.3 Å². The Morgan fingerprint density at radius 1 is 0.900 bits per heavy atom. The van der Waals surface area contributed by atoms with Crippen molar-refractivity contribution in [3.05, 3.63) is 58.1 Å². The number of hydrogen-bond acceptors (Lipinski definition) is 4. The number of amides is 3. The van der Waals surface area contributed by atoms with Gasteiger partial charge in [-0.3, -0.25) is 9.69 Å². The highest BCUT2D eigenvalue weighted by Gasteiger charge is 2.29. The van der Waals surface area contributed by atoms with Crippen molar-refractivity contribution in [2.75, 3.05) is 56.0 Å². The lowest BCUT2D eigenvalue weighted by Gasteiger charge is -2.37. The number of halogens is 6. The number of nitrogens with one attached hydrogen (secondary N) is 2. The molecule has 3 amide bonds. The maximum Gasteiger partial charge on any atom is 0.390 e. The first-order valence-electron chi connectivity index (χ1n) is 13.2. The molecule has 40 heavy (non-hydrogen) atoms. The maximum absolute atomic E-state index is 14.9. The molecule has 0 spiro atoms. The van der Waals surface area contributed by atoms with E-state index in [1.807, 2.05) is 4.90 Å². The summed E-state index contributed by atoms with van der Waals surface area (Å²) >= 11 is 6.17. The van der Waals surface area contributed by atoms with Crippen LogP contribution in [0.25, 0.3) is 0 Å². The lowest BCUT2D eigenvalue weighted by molar-refractivity contribution is -0.138. The summed E-state index contributed by atoms with van der Waals surface area (Å²) in [6.07, 6.45) is -2.28. The van der Waals surface area contributed by atoms with Crippen LogP contribution in [0.4, 0.5) is 38.1 Å². The molecule has 13 heteroatoms. The van der Waals surface area contributed by atoms with Crippen LogP contribution in [-0.4, -0.2) is 73.7 Å². The standard InChI is InChI=1S/C27H31ClF5N5O2/c28-19-5-7-21(22(16-19)37-14-12-36(13-15-37)11-8-27(31,32)33)35-25(39)20-6-4-18(23(29)24(20)30)17-34-26(40)38-9-2-1-3-10-38/h4-7,16H,1-3,8-15,17H2,(H,34,40)(H,35,39). The molecule has 0 atom stereocenters. The van der Waals surface area contributed by atoms with Gasteiger partial charge in [0.2, 0.25) is 0 Å². The molecule has 2 aliphatic rings. The fraction of sp³-hybridized carbons (Fsp3) is 0.481. The lowest BCUT2D eigenvalue weighted by atomic mass is 10.1. The van der Waals surface area contributed by atoms with Crippen molar-refractivity contribution in [3.63, 3.8) is 0 Å². The van der Waals surface area contributed by atoms with Crippen LogP contribution in [0, 0.1) is 11.6 Å². The SMILES string of the molecule is O=C(Nc1ccc(Cl)cc1N1CCN(CCC(F)(F)F)CC1)c1ccc(CNC(=O)N2CCCCC2)c(F)c1F. The molecule has 2 aromatic carbocycles. The van der Waals surface area contributed by atoms with Crippen molar-refractivity contribution in [1.29, 1.82) is 0 Å². The van der Waals surface area contributed by atoms with Crippen molar-refractivity contribution in [1.82, 2.24) is 15.1 Å². The summed E-state index contributed by atoms with van der Waals surface area (Å²) in [5.41, 5.74) is 0.224. The third-order valence-corrected chi connectivity index (χ3v) is 7.35. The molecular formula is C27H31ClF5N5O2. The molecule has 0 aromatic heterocycles. The largest absolute Gasteiger partial charge is 0.390 e. The van der Waals surface area contributed by atoms with Crippen molar-refractivity contribution in [3.8, 4) is 0 Å². The van der Waals surface area contributed by atoms with Gasteiger partial charge in [0.15, 0.2) is 11.6 Å². The summed E-state index contributed by atoms with van der Waals surface area (Å²) in [7, 11) is 0. The van der Waals surface area contributed by atoms with Crippen molar-refractivity contribution in [2.24, 2.45) is 0 Å². The summed E-state index contributed by atoms with van der Waals surface area (Å²) in [6, 6.07) is 6.74. The molecule has 2 N–H and O–H groups in total. The molecule has 0 saturated carbocycles. The summed E-state index contributed by atoms with van der Waals surface area (Å²) in [4.78, 5) is 30.5. The summed E-state index contributed by atoms with van der Waals surface area (Å²) in [6.45, 7) is 2.45. The van der Waals surface area contributed by atoms with Gasteiger partial charge in [0, 0.05) is 62.9 Å². The number of piperidine rings is 1. The van der Waals surface area contributed by atoms with Gasteiger partial charge in [0.1, 0.15) is 0 Å². The maximum atomic E-state index is 14.9. The Morgan fingerprint density at radius 2 is 1.60 bits per heavy atom. The zero-order valence-electron chi connectivity index (χ0n) is 21.8. The first-order chi connectivity index (χ1) is 19.0. The Labute approximate surface area is 234 Å². The zero-order valence-corrected chi connectivity index (χ0v) is 22.6. The number of piperazine rings is 1. The van der Waals surface area contributed by atoms with E-state index in [1.54, 1.807) is 15.9 Å². The minimum absolute atomic E-state index is 0.0880. The van der Waals surface area contributed by atoms with Gasteiger partial charge >= 0.3 is 12.2 Å². The second-order valence-corrected chi connectivity index (χ2v) is 10.4. The van der Waals surface area contributed by atoms with E-state index in [0.29, 0.717) is 55.7 Å². The number of alkyl halides is 3. The third-order valence-electron chi connectivity index (χ3n) is 7.11. The summed E-state index contributed by atoms with van der Waals surface area (Å²) < 4.78 is 67.5. The van der Waals surface area contributed by atoms with E-state index in [-0.39, 0.29) is 24.7 Å². The normalized spacial score (nSPS) is 16.6. The molecule has 0 unspecified atom stereocenters. The molecule has 2 saturated heterocycles. The van der Waals surface area contributed by atoms with Crippen molar-refractivity contribution in [2.45, 2.75) is 38.4 Å². The number of nitrogens with zero attached hydrogens (tertiary/aromatic N) is 3. The third kappa shape index (κ3) is 7.75. The topological polar surface area (TPSA) is 67.9 Å². The monoisotopic (exact) mass is 587 g/mol. The number of carbonyl (C=O) groups is 2. The second kappa shape index (κ2) is 13.0. The molecule has 2 heterocycles. The van der Waals surface area contributed by atoms with Crippen LogP contribution in [0.15, 0.2) is 30.3 Å². The summed E-state index contributed by atoms with van der Waals surface area (Å²) in [5, 5.41) is 5.57. The van der Waals surface area contributed by atoms with Gasteiger partial charge in [-0.2, -0.15) is 13.2 Å². The number of carbonyl (C=O) groups excluding carboxylic acids is 2. The van der Waals surface area contributed by atoms with Gasteiger partial charge in [-0.25, -0.2) is 13.6 Å². The van der Waals surface area contributed by atoms with Crippen LogP contribution in [0.2, 0.25) is 5.02 Å². The van der Waals surface area contributed by atoms with Gasteiger partial charge in [0.25, 0.3) is 5.91 Å². The number of likely N-dealkylation sites (tertiary alicyclic amines) is 1. The van der Waals surface area contributed by atoms with Crippen molar-refractivity contribution < 1.29 is 31.5 Å². The predicted octanol–water partition coefficient (Wildman–Crippen LogP) is 5.64. The second-order valence-electron chi connectivity index (χ2n) is 9.92. The van der Waals surface area contributed by atoms with Crippen LogP contribution < -0.4 is 15.5 Å². The highest BCUT2D eigenvalue weighted by molar-refractivity contribution is 6.31. The predicted molar refractivity (Wildman–Crippen MR) is 143 cm³/mol. The van der Waals surface area contributed by atoms with Crippen LogP contribution in [-0.2, 0) is 6.54 Å². The Morgan fingerprint density at radius 3 is 2.27 bits per heavy atom. The van der Waals surface area contributed by atoms with Crippen LogP contribution in [0.5, 0.6) is 0 Å². The van der Waals surface area contributed by atoms with E-state index < -0.39 is 35.7 Å². The molecule has 2 aromatic rings. The molecule has 2 fully saturated rings. The van der Waals surface area contributed by atoms with E-state index in [2.05, 4.69) is 10.6 Å². The molecular weight excluding hydrogens is 557 g/mol. The highest BCUT2D eigenvalue weighted by Crippen LogP contribution is 2.31. The first kappa shape index (κ1) is 29.9. The average Bonchev–Trinajstić information content (AvgIpc) is 2.94. The number of anilines is 2. The molecule has 7 nitrogen and oxygen atoms in total. The molecule has 218 valence electrons. The van der Waals surface area contributed by atoms with Gasteiger partial charge in [-0.1, -0.05) is 17.7 Å². The van der Waals surface area contributed by atoms with Crippen LogP contribution >= 0.6 is 11.6 Å². The Kier molecular flexibility index (Phi) is 9.72. The van der Waals surface area contributed by atoms with Crippen LogP contribution in [0.1, 0.15) is 41.6 Å². The Balaban J connectivity index is 1.40. The fourth-order valence-corrected chi connectivity index (χ4v) is 5.01. The molecule has 0 radical (unpaired) electrons. The quantitative estimate of drug-likeness (QED) is 0.412. The lowest BCUT2D eigenvalue weighted by Crippen LogP contribution is -2.47.